The zero-order valence-corrected chi connectivity index (χ0v) is 18.4. The second kappa shape index (κ2) is 7.89. The fourth-order valence-corrected chi connectivity index (χ4v) is 5.50. The van der Waals surface area contributed by atoms with Gasteiger partial charge in [-0.25, -0.2) is 17.7 Å². The third-order valence-electron chi connectivity index (χ3n) is 5.65. The summed E-state index contributed by atoms with van der Waals surface area (Å²) in [5, 5.41) is 5.68. The van der Waals surface area contributed by atoms with Crippen molar-refractivity contribution in [2.24, 2.45) is 5.10 Å². The number of carbonyl (C=O) groups excluding carboxylic acids is 2. The lowest BCUT2D eigenvalue weighted by molar-refractivity contribution is -0.133. The van der Waals surface area contributed by atoms with Gasteiger partial charge in [-0.3, -0.25) is 9.59 Å². The molecule has 168 valence electrons. The highest BCUT2D eigenvalue weighted by Crippen LogP contribution is 2.35. The third-order valence-corrected chi connectivity index (χ3v) is 7.44. The maximum atomic E-state index is 13.3. The van der Waals surface area contributed by atoms with Gasteiger partial charge in [0.2, 0.25) is 0 Å². The van der Waals surface area contributed by atoms with Gasteiger partial charge in [0.1, 0.15) is 29.0 Å². The highest BCUT2D eigenvalue weighted by molar-refractivity contribution is 7.90. The molecule has 1 aromatic heterocycles. The molecule has 9 nitrogen and oxygen atoms in total. The molecule has 0 saturated carbocycles. The van der Waals surface area contributed by atoms with Crippen LogP contribution < -0.4 is 4.74 Å². The minimum Gasteiger partial charge on any atom is -0.497 e. The Hall–Kier alpha value is -3.92. The number of amides is 2. The van der Waals surface area contributed by atoms with Crippen LogP contribution in [0.1, 0.15) is 34.1 Å². The van der Waals surface area contributed by atoms with Crippen molar-refractivity contribution < 1.29 is 27.2 Å². The standard InChI is InChI=1S/C23H19N3O6S/c1-31-16-10-8-15(9-11-16)18-13-19(20-6-4-12-32-20)26(24-18)22(27)14-25-23(28)17-5-2-3-7-21(17)33(25,29)30/h2-12,19H,13-14H2,1H3. The van der Waals surface area contributed by atoms with Crippen LogP contribution in [-0.2, 0) is 14.8 Å². The first-order valence-corrected chi connectivity index (χ1v) is 11.6. The summed E-state index contributed by atoms with van der Waals surface area (Å²) in [6.07, 6.45) is 1.86. The summed E-state index contributed by atoms with van der Waals surface area (Å²) in [7, 11) is -2.54. The van der Waals surface area contributed by atoms with E-state index >= 15 is 0 Å². The summed E-state index contributed by atoms with van der Waals surface area (Å²) in [5.74, 6) is -0.170. The lowest BCUT2D eigenvalue weighted by Crippen LogP contribution is -2.41. The van der Waals surface area contributed by atoms with Crippen molar-refractivity contribution in [3.63, 3.8) is 0 Å². The fourth-order valence-electron chi connectivity index (χ4n) is 3.98. The average molecular weight is 465 g/mol. The number of carbonyl (C=O) groups is 2. The summed E-state index contributed by atoms with van der Waals surface area (Å²) in [6.45, 7) is -0.660. The predicted molar refractivity (Wildman–Crippen MR) is 117 cm³/mol. The first-order valence-electron chi connectivity index (χ1n) is 10.1. The molecule has 0 bridgehead atoms. The summed E-state index contributed by atoms with van der Waals surface area (Å²) < 4.78 is 37.0. The first kappa shape index (κ1) is 21.0. The molecular formula is C23H19N3O6S. The second-order valence-corrected chi connectivity index (χ2v) is 9.39. The summed E-state index contributed by atoms with van der Waals surface area (Å²) in [6, 6.07) is 16.0. The van der Waals surface area contributed by atoms with Gasteiger partial charge >= 0.3 is 0 Å². The Morgan fingerprint density at radius 3 is 2.55 bits per heavy atom. The Labute approximate surface area is 189 Å². The van der Waals surface area contributed by atoms with E-state index in [0.29, 0.717) is 27.9 Å². The van der Waals surface area contributed by atoms with Crippen molar-refractivity contribution in [3.05, 3.63) is 83.8 Å². The molecule has 10 heteroatoms. The van der Waals surface area contributed by atoms with E-state index in [2.05, 4.69) is 5.10 Å². The lowest BCUT2D eigenvalue weighted by atomic mass is 10.0. The van der Waals surface area contributed by atoms with E-state index in [0.717, 1.165) is 5.56 Å². The van der Waals surface area contributed by atoms with Crippen molar-refractivity contribution in [1.82, 2.24) is 9.31 Å². The Morgan fingerprint density at radius 2 is 1.88 bits per heavy atom. The highest BCUT2D eigenvalue weighted by atomic mass is 32.2. The molecule has 0 saturated heterocycles. The van der Waals surface area contributed by atoms with Crippen LogP contribution in [0, 0.1) is 0 Å². The van der Waals surface area contributed by atoms with E-state index in [4.69, 9.17) is 9.15 Å². The van der Waals surface area contributed by atoms with E-state index in [-0.39, 0.29) is 10.5 Å². The van der Waals surface area contributed by atoms with Gasteiger partial charge in [0, 0.05) is 6.42 Å². The molecule has 0 aliphatic carbocycles. The van der Waals surface area contributed by atoms with Crippen molar-refractivity contribution in [3.8, 4) is 5.75 Å². The normalized spacial score (nSPS) is 18.9. The van der Waals surface area contributed by atoms with E-state index in [1.165, 1.54) is 29.5 Å². The Morgan fingerprint density at radius 1 is 1.12 bits per heavy atom. The molecule has 0 spiro atoms. The molecule has 1 atom stereocenters. The molecular weight excluding hydrogens is 446 g/mol. The molecule has 3 heterocycles. The molecule has 33 heavy (non-hydrogen) atoms. The number of ether oxygens (including phenoxy) is 1. The van der Waals surface area contributed by atoms with E-state index in [9.17, 15) is 18.0 Å². The minimum atomic E-state index is -4.11. The number of methoxy groups -OCH3 is 1. The number of rotatable bonds is 5. The number of benzene rings is 2. The van der Waals surface area contributed by atoms with Crippen LogP contribution in [0.2, 0.25) is 0 Å². The highest BCUT2D eigenvalue weighted by Gasteiger charge is 2.44. The molecule has 2 aliphatic heterocycles. The quantitative estimate of drug-likeness (QED) is 0.573. The van der Waals surface area contributed by atoms with E-state index in [1.54, 1.807) is 37.4 Å². The zero-order chi connectivity index (χ0) is 23.2. The molecule has 0 N–H and O–H groups in total. The molecule has 1 unspecified atom stereocenters. The molecule has 5 rings (SSSR count). The minimum absolute atomic E-state index is 0.0525. The lowest BCUT2D eigenvalue weighted by Gasteiger charge is -2.22. The second-order valence-electron chi connectivity index (χ2n) is 7.56. The van der Waals surface area contributed by atoms with Crippen LogP contribution in [0.4, 0.5) is 0 Å². The summed E-state index contributed by atoms with van der Waals surface area (Å²) in [5.41, 5.74) is 1.47. The zero-order valence-electron chi connectivity index (χ0n) is 17.5. The number of fused-ring (bicyclic) bond motifs is 1. The maximum Gasteiger partial charge on any atom is 0.269 e. The van der Waals surface area contributed by atoms with Crippen LogP contribution in [0.3, 0.4) is 0 Å². The molecule has 2 amide bonds. The Bertz CT molecular complexity index is 1360. The maximum absolute atomic E-state index is 13.3. The average Bonchev–Trinajstić information content (AvgIpc) is 3.55. The van der Waals surface area contributed by atoms with Crippen LogP contribution >= 0.6 is 0 Å². The van der Waals surface area contributed by atoms with Gasteiger partial charge in [0.15, 0.2) is 0 Å². The van der Waals surface area contributed by atoms with Crippen LogP contribution in [0.25, 0.3) is 0 Å². The van der Waals surface area contributed by atoms with Crippen LogP contribution in [0.5, 0.6) is 5.75 Å². The number of sulfonamides is 1. The SMILES string of the molecule is COc1ccc(C2=NN(C(=O)CN3C(=O)c4ccccc4S3(=O)=O)C(c3ccco3)C2)cc1. The Balaban J connectivity index is 1.45. The number of hydrazone groups is 1. The Kier molecular flexibility index (Phi) is 5.01. The van der Waals surface area contributed by atoms with Gasteiger partial charge in [-0.1, -0.05) is 12.1 Å². The van der Waals surface area contributed by atoms with Gasteiger partial charge in [-0.15, -0.1) is 0 Å². The van der Waals surface area contributed by atoms with Gasteiger partial charge in [-0.05, 0) is 54.1 Å². The van der Waals surface area contributed by atoms with Crippen molar-refractivity contribution in [2.75, 3.05) is 13.7 Å². The van der Waals surface area contributed by atoms with Crippen LogP contribution in [0.15, 0.2) is 81.3 Å². The van der Waals surface area contributed by atoms with Crippen LogP contribution in [-0.4, -0.2) is 48.9 Å². The van der Waals surface area contributed by atoms with E-state index in [1.807, 2.05) is 12.1 Å². The number of hydrogen-bond acceptors (Lipinski definition) is 7. The number of nitrogens with zero attached hydrogens (tertiary/aromatic N) is 3. The first-order chi connectivity index (χ1) is 15.9. The third kappa shape index (κ3) is 3.48. The summed E-state index contributed by atoms with van der Waals surface area (Å²) in [4.78, 5) is 25.9. The monoisotopic (exact) mass is 465 g/mol. The van der Waals surface area contributed by atoms with E-state index < -0.39 is 34.4 Å². The topological polar surface area (TPSA) is 109 Å². The van der Waals surface area contributed by atoms with Crippen molar-refractivity contribution >= 4 is 27.5 Å². The number of hydrogen-bond donors (Lipinski definition) is 0. The fraction of sp³-hybridized carbons (Fsp3) is 0.174. The molecule has 0 fully saturated rings. The van der Waals surface area contributed by atoms with Gasteiger partial charge in [0.05, 0.1) is 24.6 Å². The smallest absolute Gasteiger partial charge is 0.269 e. The summed E-state index contributed by atoms with van der Waals surface area (Å²) >= 11 is 0. The van der Waals surface area contributed by atoms with Gasteiger partial charge in [0.25, 0.3) is 21.8 Å². The van der Waals surface area contributed by atoms with Gasteiger partial charge in [-0.2, -0.15) is 5.10 Å². The molecule has 0 radical (unpaired) electrons. The molecule has 2 aliphatic rings. The number of furan rings is 1. The molecule has 3 aromatic rings. The predicted octanol–water partition coefficient (Wildman–Crippen LogP) is 2.81. The van der Waals surface area contributed by atoms with Crippen molar-refractivity contribution in [2.45, 2.75) is 17.4 Å². The van der Waals surface area contributed by atoms with Gasteiger partial charge < -0.3 is 9.15 Å². The van der Waals surface area contributed by atoms with Crippen molar-refractivity contribution in [1.29, 1.82) is 0 Å². The molecule has 2 aromatic carbocycles. The largest absolute Gasteiger partial charge is 0.497 e.